The third-order valence-electron chi connectivity index (χ3n) is 4.44. The zero-order valence-electron chi connectivity index (χ0n) is 15.8. The number of benzene rings is 2. The number of methoxy groups -OCH3 is 1. The second-order valence-corrected chi connectivity index (χ2v) is 8.33. The van der Waals surface area contributed by atoms with Gasteiger partial charge in [-0.2, -0.15) is 0 Å². The van der Waals surface area contributed by atoms with Crippen molar-refractivity contribution in [1.29, 1.82) is 0 Å². The Morgan fingerprint density at radius 2 is 1.75 bits per heavy atom. The van der Waals surface area contributed by atoms with Gasteiger partial charge >= 0.3 is 0 Å². The van der Waals surface area contributed by atoms with E-state index in [1.54, 1.807) is 0 Å². The Balaban J connectivity index is 2.36. The van der Waals surface area contributed by atoms with E-state index in [0.717, 1.165) is 0 Å². The molecule has 0 aliphatic carbocycles. The van der Waals surface area contributed by atoms with Gasteiger partial charge < -0.3 is 10.1 Å². The lowest BCUT2D eigenvalue weighted by atomic mass is 10.2. The Kier molecular flexibility index (Phi) is 6.74. The zero-order valence-corrected chi connectivity index (χ0v) is 16.7. The molecule has 0 aromatic heterocycles. The number of sulfone groups is 1. The summed E-state index contributed by atoms with van der Waals surface area (Å²) < 4.78 is 30.8. The number of nitro benzene ring substituents is 1. The molecule has 0 aliphatic rings. The first-order chi connectivity index (χ1) is 13.2. The van der Waals surface area contributed by atoms with Crippen molar-refractivity contribution >= 4 is 27.1 Å². The van der Waals surface area contributed by atoms with E-state index in [1.165, 1.54) is 49.6 Å². The van der Waals surface area contributed by atoms with E-state index < -0.39 is 25.9 Å². The van der Waals surface area contributed by atoms with Gasteiger partial charge in [0.25, 0.3) is 11.6 Å². The first-order valence-electron chi connectivity index (χ1n) is 8.72. The molecular weight excluding hydrogens is 384 g/mol. The molecule has 8 nitrogen and oxygen atoms in total. The Morgan fingerprint density at radius 3 is 2.25 bits per heavy atom. The molecule has 0 fully saturated rings. The van der Waals surface area contributed by atoms with Gasteiger partial charge in [-0.15, -0.1) is 0 Å². The number of nitrogens with zero attached hydrogens (tertiary/aromatic N) is 1. The van der Waals surface area contributed by atoms with E-state index in [2.05, 4.69) is 5.32 Å². The molecule has 2 aromatic rings. The molecule has 1 amide bonds. The number of hydrogen-bond donors (Lipinski definition) is 1. The lowest BCUT2D eigenvalue weighted by Crippen LogP contribution is -2.20. The number of hydrogen-bond acceptors (Lipinski definition) is 6. The van der Waals surface area contributed by atoms with E-state index in [9.17, 15) is 23.3 Å². The van der Waals surface area contributed by atoms with Gasteiger partial charge in [-0.25, -0.2) is 8.42 Å². The van der Waals surface area contributed by atoms with E-state index in [1.807, 2.05) is 13.8 Å². The summed E-state index contributed by atoms with van der Waals surface area (Å²) in [5.41, 5.74) is 0.270. The van der Waals surface area contributed by atoms with Gasteiger partial charge in [0, 0.05) is 17.7 Å². The molecule has 150 valence electrons. The second kappa shape index (κ2) is 8.83. The van der Waals surface area contributed by atoms with Crippen molar-refractivity contribution in [2.45, 2.75) is 36.8 Å². The van der Waals surface area contributed by atoms with E-state index in [-0.39, 0.29) is 21.8 Å². The lowest BCUT2D eigenvalue weighted by Gasteiger charge is -2.16. The molecule has 1 N–H and O–H groups in total. The average molecular weight is 406 g/mol. The molecule has 2 aromatic carbocycles. The highest BCUT2D eigenvalue weighted by Gasteiger charge is 2.25. The number of carbonyl (C=O) groups excluding carboxylic acids is 1. The highest BCUT2D eigenvalue weighted by Crippen LogP contribution is 2.30. The van der Waals surface area contributed by atoms with E-state index >= 15 is 0 Å². The van der Waals surface area contributed by atoms with Gasteiger partial charge in [-0.3, -0.25) is 14.9 Å². The van der Waals surface area contributed by atoms with E-state index in [4.69, 9.17) is 4.74 Å². The number of nitro groups is 1. The lowest BCUT2D eigenvalue weighted by molar-refractivity contribution is -0.384. The van der Waals surface area contributed by atoms with Gasteiger partial charge in [0.05, 0.1) is 27.9 Å². The first kappa shape index (κ1) is 21.4. The molecule has 0 saturated carbocycles. The summed E-state index contributed by atoms with van der Waals surface area (Å²) in [6.07, 6.45) is 0.963. The predicted molar refractivity (Wildman–Crippen MR) is 106 cm³/mol. The highest BCUT2D eigenvalue weighted by molar-refractivity contribution is 7.92. The van der Waals surface area contributed by atoms with Gasteiger partial charge in [-0.05, 0) is 43.2 Å². The summed E-state index contributed by atoms with van der Waals surface area (Å²) in [7, 11) is -2.14. The Bertz CT molecular complexity index is 966. The maximum atomic E-state index is 12.8. The molecular formula is C19H22N2O6S. The fourth-order valence-electron chi connectivity index (χ4n) is 2.81. The van der Waals surface area contributed by atoms with Crippen LogP contribution in [-0.4, -0.2) is 31.6 Å². The van der Waals surface area contributed by atoms with Crippen LogP contribution in [0.5, 0.6) is 5.75 Å². The number of nitrogens with one attached hydrogen (secondary N) is 1. The van der Waals surface area contributed by atoms with Crippen LogP contribution in [0.3, 0.4) is 0 Å². The summed E-state index contributed by atoms with van der Waals surface area (Å²) in [4.78, 5) is 22.7. The normalized spacial score (nSPS) is 11.3. The zero-order chi connectivity index (χ0) is 20.9. The van der Waals surface area contributed by atoms with Crippen LogP contribution in [0.2, 0.25) is 0 Å². The minimum atomic E-state index is -3.55. The maximum absolute atomic E-state index is 12.8. The fourth-order valence-corrected chi connectivity index (χ4v) is 4.61. The minimum Gasteiger partial charge on any atom is -0.495 e. The molecule has 0 radical (unpaired) electrons. The van der Waals surface area contributed by atoms with Crippen molar-refractivity contribution in [1.82, 2.24) is 0 Å². The fraction of sp³-hybridized carbons (Fsp3) is 0.316. The van der Waals surface area contributed by atoms with Gasteiger partial charge in [-0.1, -0.05) is 13.8 Å². The second-order valence-electron chi connectivity index (χ2n) is 6.10. The number of non-ortho nitro benzene ring substituents is 1. The van der Waals surface area contributed by atoms with Gasteiger partial charge in [0.2, 0.25) is 0 Å². The van der Waals surface area contributed by atoms with Crippen molar-refractivity contribution in [3.05, 3.63) is 58.1 Å². The molecule has 0 heterocycles. The minimum absolute atomic E-state index is 0.0981. The third kappa shape index (κ3) is 4.48. The number of anilines is 1. The van der Waals surface area contributed by atoms with Crippen molar-refractivity contribution < 1.29 is 22.9 Å². The Labute approximate surface area is 163 Å². The number of amides is 1. The molecule has 9 heteroatoms. The van der Waals surface area contributed by atoms with Crippen LogP contribution in [0.4, 0.5) is 11.4 Å². The van der Waals surface area contributed by atoms with Gasteiger partial charge in [0.1, 0.15) is 5.75 Å². The molecule has 0 unspecified atom stereocenters. The Hall–Kier alpha value is -2.94. The highest BCUT2D eigenvalue weighted by atomic mass is 32.2. The summed E-state index contributed by atoms with van der Waals surface area (Å²) >= 11 is 0. The summed E-state index contributed by atoms with van der Waals surface area (Å²) in [5, 5.41) is 12.8. The molecule has 0 atom stereocenters. The largest absolute Gasteiger partial charge is 0.495 e. The summed E-state index contributed by atoms with van der Waals surface area (Å²) in [6.45, 7) is 3.62. The molecule has 0 spiro atoms. The third-order valence-corrected chi connectivity index (χ3v) is 6.89. The molecule has 2 rings (SSSR count). The van der Waals surface area contributed by atoms with E-state index in [0.29, 0.717) is 18.6 Å². The molecule has 28 heavy (non-hydrogen) atoms. The van der Waals surface area contributed by atoms with Crippen molar-refractivity contribution in [3.63, 3.8) is 0 Å². The predicted octanol–water partition coefficient (Wildman–Crippen LogP) is 3.82. The molecule has 0 aliphatic heterocycles. The standard InChI is InChI=1S/C19H22N2O6S/c1-4-15(5-2)28(25,26)16-10-11-18(27-3)17(12-16)20-19(22)13-6-8-14(9-7-13)21(23)24/h6-12,15H,4-5H2,1-3H3,(H,20,22). The van der Waals surface area contributed by atoms with Crippen LogP contribution in [0.1, 0.15) is 37.0 Å². The first-order valence-corrected chi connectivity index (χ1v) is 10.3. The topological polar surface area (TPSA) is 116 Å². The summed E-state index contributed by atoms with van der Waals surface area (Å²) in [5.74, 6) is -0.232. The van der Waals surface area contributed by atoms with Crippen LogP contribution < -0.4 is 10.1 Å². The average Bonchev–Trinajstić information content (AvgIpc) is 2.68. The smallest absolute Gasteiger partial charge is 0.269 e. The number of carbonyl (C=O) groups is 1. The molecule has 0 bridgehead atoms. The van der Waals surface area contributed by atoms with Crippen LogP contribution in [0, 0.1) is 10.1 Å². The van der Waals surface area contributed by atoms with Crippen LogP contribution >= 0.6 is 0 Å². The molecule has 0 saturated heterocycles. The van der Waals surface area contributed by atoms with Crippen molar-refractivity contribution in [2.24, 2.45) is 0 Å². The monoisotopic (exact) mass is 406 g/mol. The van der Waals surface area contributed by atoms with Crippen LogP contribution in [0.15, 0.2) is 47.4 Å². The van der Waals surface area contributed by atoms with Gasteiger partial charge in [0.15, 0.2) is 9.84 Å². The van der Waals surface area contributed by atoms with Crippen LogP contribution in [0.25, 0.3) is 0 Å². The number of ether oxygens (including phenoxy) is 1. The number of rotatable bonds is 8. The SMILES string of the molecule is CCC(CC)S(=O)(=O)c1ccc(OC)c(NC(=O)c2ccc([N+](=O)[O-])cc2)c1. The van der Waals surface area contributed by atoms with Crippen molar-refractivity contribution in [3.8, 4) is 5.75 Å². The van der Waals surface area contributed by atoms with Crippen LogP contribution in [-0.2, 0) is 9.84 Å². The maximum Gasteiger partial charge on any atom is 0.269 e. The summed E-state index contributed by atoms with van der Waals surface area (Å²) in [6, 6.07) is 9.40. The quantitative estimate of drug-likeness (QED) is 0.526. The Morgan fingerprint density at radius 1 is 1.14 bits per heavy atom. The van der Waals surface area contributed by atoms with Crippen molar-refractivity contribution in [2.75, 3.05) is 12.4 Å².